The zero-order chi connectivity index (χ0) is 27.2. The molecule has 0 aliphatic heterocycles. The number of anilines is 1. The highest BCUT2D eigenvalue weighted by molar-refractivity contribution is 6.05. The van der Waals surface area contributed by atoms with Gasteiger partial charge in [-0.25, -0.2) is 9.48 Å². The van der Waals surface area contributed by atoms with Crippen LogP contribution >= 0.6 is 0 Å². The van der Waals surface area contributed by atoms with Gasteiger partial charge in [-0.05, 0) is 38.1 Å². The summed E-state index contributed by atoms with van der Waals surface area (Å²) in [6, 6.07) is 3.68. The van der Waals surface area contributed by atoms with E-state index >= 15 is 0 Å². The molecule has 3 aromatic rings. The Morgan fingerprint density at radius 1 is 1.06 bits per heavy atom. The van der Waals surface area contributed by atoms with Crippen LogP contribution in [-0.4, -0.2) is 41.1 Å². The zero-order valence-corrected chi connectivity index (χ0v) is 19.1. The van der Waals surface area contributed by atoms with Crippen LogP contribution in [0.5, 0.6) is 17.6 Å². The summed E-state index contributed by atoms with van der Waals surface area (Å²) in [4.78, 5) is 39.8. The molecule has 0 unspecified atom stereocenters. The number of carbonyl (C=O) groups excluding carboxylic acids is 1. The number of ether oxygens (including phenoxy) is 1. The predicted molar refractivity (Wildman–Crippen MR) is 113 cm³/mol. The van der Waals surface area contributed by atoms with Gasteiger partial charge in [-0.3, -0.25) is 18.7 Å². The maximum atomic E-state index is 13.7. The lowest BCUT2D eigenvalue weighted by Gasteiger charge is -2.15. The molecule has 0 radical (unpaired) electrons. The van der Waals surface area contributed by atoms with Crippen LogP contribution in [0.25, 0.3) is 0 Å². The van der Waals surface area contributed by atoms with Crippen LogP contribution in [0.1, 0.15) is 36.1 Å². The summed E-state index contributed by atoms with van der Waals surface area (Å²) in [6.07, 6.45) is -5.91. The molecule has 0 saturated heterocycles. The van der Waals surface area contributed by atoms with Gasteiger partial charge in [-0.2, -0.15) is 26.9 Å². The highest BCUT2D eigenvalue weighted by Gasteiger charge is 2.62. The number of alkyl halides is 5. The topological polar surface area (TPSA) is 133 Å². The molecule has 16 heteroatoms. The van der Waals surface area contributed by atoms with Crippen LogP contribution < -0.4 is 21.3 Å². The second kappa shape index (κ2) is 9.09. The minimum Gasteiger partial charge on any atom is -0.494 e. The number of aromatic nitrogens is 5. The van der Waals surface area contributed by atoms with E-state index < -0.39 is 58.6 Å². The van der Waals surface area contributed by atoms with Gasteiger partial charge in [0, 0.05) is 19.8 Å². The average Bonchev–Trinajstić information content (AvgIpc) is 3.22. The molecule has 0 spiro atoms. The number of carbonyl (C=O) groups is 1. The molecule has 194 valence electrons. The van der Waals surface area contributed by atoms with E-state index in [1.54, 1.807) is 0 Å². The lowest BCUT2D eigenvalue weighted by Crippen LogP contribution is -2.40. The van der Waals surface area contributed by atoms with Gasteiger partial charge in [0.15, 0.2) is 5.56 Å². The molecule has 11 nitrogen and oxygen atoms in total. The summed E-state index contributed by atoms with van der Waals surface area (Å²) in [7, 11) is 2.28. The van der Waals surface area contributed by atoms with Crippen molar-refractivity contribution in [2.75, 3.05) is 5.32 Å². The Kier molecular flexibility index (Phi) is 6.65. The number of nitrogens with zero attached hydrogens (tertiary/aromatic N) is 5. The van der Waals surface area contributed by atoms with Crippen molar-refractivity contribution in [1.82, 2.24) is 23.9 Å². The van der Waals surface area contributed by atoms with Gasteiger partial charge < -0.3 is 15.2 Å². The van der Waals surface area contributed by atoms with Gasteiger partial charge in [0.25, 0.3) is 11.5 Å². The molecule has 3 rings (SSSR count). The number of amides is 1. The van der Waals surface area contributed by atoms with Crippen molar-refractivity contribution >= 4 is 11.6 Å². The van der Waals surface area contributed by atoms with Crippen molar-refractivity contribution in [3.05, 3.63) is 56.5 Å². The largest absolute Gasteiger partial charge is 0.494 e. The monoisotopic (exact) mass is 518 g/mol. The number of benzene rings is 1. The molecule has 0 aliphatic carbocycles. The molecule has 2 heterocycles. The van der Waals surface area contributed by atoms with Crippen LogP contribution in [0, 0.1) is 0 Å². The number of halogens is 5. The predicted octanol–water partition coefficient (Wildman–Crippen LogP) is 2.66. The van der Waals surface area contributed by atoms with E-state index in [0.29, 0.717) is 9.13 Å². The van der Waals surface area contributed by atoms with Crippen LogP contribution in [0.4, 0.5) is 27.6 Å². The number of hydrogen-bond donors (Lipinski definition) is 2. The molecule has 2 aromatic heterocycles. The third-order valence-corrected chi connectivity index (χ3v) is 4.91. The van der Waals surface area contributed by atoms with Crippen LogP contribution in [0.2, 0.25) is 0 Å². The Labute approximate surface area is 198 Å². The van der Waals surface area contributed by atoms with Crippen molar-refractivity contribution in [2.24, 2.45) is 14.1 Å². The minimum atomic E-state index is -5.91. The summed E-state index contributed by atoms with van der Waals surface area (Å²) >= 11 is 0. The normalized spacial score (nSPS) is 12.2. The van der Waals surface area contributed by atoms with E-state index in [-0.39, 0.29) is 11.4 Å². The quantitative estimate of drug-likeness (QED) is 0.480. The molecule has 2 N–H and O–H groups in total. The fraction of sp³-hybridized carbons (Fsp3) is 0.350. The first kappa shape index (κ1) is 26.4. The van der Waals surface area contributed by atoms with Gasteiger partial charge in [0.2, 0.25) is 11.7 Å². The van der Waals surface area contributed by atoms with Gasteiger partial charge in [0.1, 0.15) is 5.75 Å². The first-order chi connectivity index (χ1) is 16.6. The highest BCUT2D eigenvalue weighted by atomic mass is 19.4. The third kappa shape index (κ3) is 4.65. The standard InChI is InChI=1S/C20H19F5N6O5/c1-9(2)31-17(27-16(28-31)19(21,22)20(23,24)25)36-11-7-5-10(6-8-11)26-13(32)12-14(33)29(3)18(35)30(4)15(12)34/h5-9,33H,1-4H3,(H,26,32). The molecular formula is C20H19F5N6O5. The van der Waals surface area contributed by atoms with Crippen molar-refractivity contribution < 1.29 is 36.6 Å². The maximum absolute atomic E-state index is 13.7. The van der Waals surface area contributed by atoms with E-state index in [1.165, 1.54) is 38.1 Å². The summed E-state index contributed by atoms with van der Waals surface area (Å²) in [6.45, 7) is 2.93. The highest BCUT2D eigenvalue weighted by Crippen LogP contribution is 2.43. The molecule has 0 aliphatic rings. The molecule has 1 amide bonds. The summed E-state index contributed by atoms with van der Waals surface area (Å²) < 4.78 is 72.9. The van der Waals surface area contributed by atoms with Gasteiger partial charge >= 0.3 is 23.8 Å². The number of hydrogen-bond acceptors (Lipinski definition) is 7. The first-order valence-corrected chi connectivity index (χ1v) is 10.1. The van der Waals surface area contributed by atoms with E-state index in [2.05, 4.69) is 15.4 Å². The molecule has 0 saturated carbocycles. The fourth-order valence-corrected chi connectivity index (χ4v) is 2.91. The maximum Gasteiger partial charge on any atom is 0.461 e. The number of rotatable bonds is 6. The van der Waals surface area contributed by atoms with E-state index in [4.69, 9.17) is 4.74 Å². The third-order valence-electron chi connectivity index (χ3n) is 4.91. The van der Waals surface area contributed by atoms with Crippen LogP contribution in [-0.2, 0) is 20.0 Å². The second-order valence-electron chi connectivity index (χ2n) is 7.81. The Morgan fingerprint density at radius 2 is 1.64 bits per heavy atom. The van der Waals surface area contributed by atoms with E-state index in [0.717, 1.165) is 18.8 Å². The summed E-state index contributed by atoms with van der Waals surface area (Å²) in [5.74, 6) is -9.01. The molecular weight excluding hydrogens is 499 g/mol. The van der Waals surface area contributed by atoms with Crippen LogP contribution in [0.15, 0.2) is 33.9 Å². The lowest BCUT2D eigenvalue weighted by molar-refractivity contribution is -0.292. The Morgan fingerprint density at radius 3 is 2.17 bits per heavy atom. The van der Waals surface area contributed by atoms with Crippen molar-refractivity contribution in [3.8, 4) is 17.6 Å². The summed E-state index contributed by atoms with van der Waals surface area (Å²) in [5.41, 5.74) is -2.48. The Bertz CT molecular complexity index is 1420. The smallest absolute Gasteiger partial charge is 0.461 e. The SMILES string of the molecule is CC(C)n1nc(C(F)(F)C(F)(F)F)nc1Oc1ccc(NC(=O)c2c(O)n(C)c(=O)n(C)c2=O)cc1. The second-order valence-corrected chi connectivity index (χ2v) is 7.81. The molecule has 0 atom stereocenters. The van der Waals surface area contributed by atoms with Gasteiger partial charge in [0.05, 0.1) is 6.04 Å². The van der Waals surface area contributed by atoms with Crippen LogP contribution in [0.3, 0.4) is 0 Å². The minimum absolute atomic E-state index is 0.0509. The fourth-order valence-electron chi connectivity index (χ4n) is 2.91. The van der Waals surface area contributed by atoms with E-state index in [1.807, 2.05) is 0 Å². The molecule has 0 fully saturated rings. The Hall–Kier alpha value is -4.24. The molecule has 1 aromatic carbocycles. The summed E-state index contributed by atoms with van der Waals surface area (Å²) in [5, 5.41) is 15.6. The van der Waals surface area contributed by atoms with Crippen molar-refractivity contribution in [2.45, 2.75) is 32.0 Å². The van der Waals surface area contributed by atoms with Gasteiger partial charge in [-0.15, -0.1) is 5.10 Å². The number of aromatic hydroxyl groups is 1. The zero-order valence-electron chi connectivity index (χ0n) is 19.1. The average molecular weight is 518 g/mol. The van der Waals surface area contributed by atoms with Crippen molar-refractivity contribution in [1.29, 1.82) is 0 Å². The van der Waals surface area contributed by atoms with Gasteiger partial charge in [-0.1, -0.05) is 0 Å². The molecule has 36 heavy (non-hydrogen) atoms. The number of nitrogens with one attached hydrogen (secondary N) is 1. The first-order valence-electron chi connectivity index (χ1n) is 10.1. The molecule has 0 bridgehead atoms. The van der Waals surface area contributed by atoms with Crippen molar-refractivity contribution in [3.63, 3.8) is 0 Å². The van der Waals surface area contributed by atoms with E-state index in [9.17, 15) is 41.4 Å². The Balaban J connectivity index is 1.85. The lowest BCUT2D eigenvalue weighted by atomic mass is 10.2.